The number of aromatic nitrogens is 3. The summed E-state index contributed by atoms with van der Waals surface area (Å²) >= 11 is 0. The van der Waals surface area contributed by atoms with Crippen LogP contribution in [0.4, 0.5) is 0 Å². The molecule has 0 aliphatic heterocycles. The molecule has 0 aliphatic rings. The molecule has 20 heavy (non-hydrogen) atoms. The molecular formula is C15H22N4O. The monoisotopic (exact) mass is 274 g/mol. The van der Waals surface area contributed by atoms with Crippen molar-refractivity contribution in [1.82, 2.24) is 20.1 Å². The summed E-state index contributed by atoms with van der Waals surface area (Å²) in [4.78, 5) is 0. The highest BCUT2D eigenvalue weighted by molar-refractivity contribution is 5.28. The van der Waals surface area contributed by atoms with Gasteiger partial charge in [-0.15, -0.1) is 10.2 Å². The minimum atomic E-state index is 0.257. The standard InChI is InChI=1S/C15H22N4O/c1-4-19-11-17-18-15(19)10-16-12(3)13-6-8-14(9-7-13)20-5-2/h6-9,11-12,16H,4-5,10H2,1-3H3. The van der Waals surface area contributed by atoms with Crippen molar-refractivity contribution in [2.24, 2.45) is 0 Å². The summed E-state index contributed by atoms with van der Waals surface area (Å²) in [6.45, 7) is 8.51. The van der Waals surface area contributed by atoms with Crippen molar-refractivity contribution >= 4 is 0 Å². The van der Waals surface area contributed by atoms with E-state index in [2.05, 4.69) is 41.5 Å². The molecule has 0 fully saturated rings. The summed E-state index contributed by atoms with van der Waals surface area (Å²) in [6, 6.07) is 8.45. The van der Waals surface area contributed by atoms with E-state index in [0.29, 0.717) is 13.2 Å². The molecule has 5 heteroatoms. The van der Waals surface area contributed by atoms with E-state index < -0.39 is 0 Å². The summed E-state index contributed by atoms with van der Waals surface area (Å²) in [5.74, 6) is 1.87. The average Bonchev–Trinajstić information content (AvgIpc) is 2.93. The third-order valence-electron chi connectivity index (χ3n) is 3.29. The normalized spacial score (nSPS) is 12.3. The van der Waals surface area contributed by atoms with Crippen molar-refractivity contribution in [3.05, 3.63) is 42.0 Å². The minimum Gasteiger partial charge on any atom is -0.494 e. The van der Waals surface area contributed by atoms with Crippen LogP contribution in [0, 0.1) is 0 Å². The molecule has 1 heterocycles. The molecule has 1 unspecified atom stereocenters. The van der Waals surface area contributed by atoms with Crippen LogP contribution in [-0.4, -0.2) is 21.4 Å². The van der Waals surface area contributed by atoms with E-state index in [1.54, 1.807) is 6.33 Å². The Morgan fingerprint density at radius 3 is 2.65 bits per heavy atom. The molecule has 0 spiro atoms. The molecule has 2 rings (SSSR count). The first-order valence-electron chi connectivity index (χ1n) is 7.07. The second kappa shape index (κ2) is 7.05. The summed E-state index contributed by atoms with van der Waals surface area (Å²) in [5.41, 5.74) is 1.23. The quantitative estimate of drug-likeness (QED) is 0.843. The minimum absolute atomic E-state index is 0.257. The molecule has 2 aromatic rings. The number of aryl methyl sites for hydroxylation is 1. The Morgan fingerprint density at radius 1 is 1.25 bits per heavy atom. The van der Waals surface area contributed by atoms with E-state index in [-0.39, 0.29) is 6.04 Å². The van der Waals surface area contributed by atoms with Crippen LogP contribution in [0.3, 0.4) is 0 Å². The van der Waals surface area contributed by atoms with Gasteiger partial charge >= 0.3 is 0 Å². The molecule has 1 aromatic carbocycles. The molecule has 0 aliphatic carbocycles. The van der Waals surface area contributed by atoms with E-state index >= 15 is 0 Å². The van der Waals surface area contributed by atoms with E-state index in [0.717, 1.165) is 18.1 Å². The van der Waals surface area contributed by atoms with Gasteiger partial charge in [0.25, 0.3) is 0 Å². The molecule has 108 valence electrons. The van der Waals surface area contributed by atoms with Gasteiger partial charge in [-0.05, 0) is 38.5 Å². The fourth-order valence-electron chi connectivity index (χ4n) is 2.06. The zero-order valence-corrected chi connectivity index (χ0v) is 12.3. The fourth-order valence-corrected chi connectivity index (χ4v) is 2.06. The Hall–Kier alpha value is -1.88. The van der Waals surface area contributed by atoms with Gasteiger partial charge < -0.3 is 14.6 Å². The summed E-state index contributed by atoms with van der Waals surface area (Å²) in [6.07, 6.45) is 1.76. The number of ether oxygens (including phenoxy) is 1. The topological polar surface area (TPSA) is 52.0 Å². The molecule has 1 aromatic heterocycles. The maximum atomic E-state index is 5.45. The maximum absolute atomic E-state index is 5.45. The van der Waals surface area contributed by atoms with Crippen LogP contribution >= 0.6 is 0 Å². The van der Waals surface area contributed by atoms with Crippen LogP contribution in [0.5, 0.6) is 5.75 Å². The van der Waals surface area contributed by atoms with Crippen molar-refractivity contribution in [2.45, 2.75) is 39.9 Å². The SMILES string of the molecule is CCOc1ccc(C(C)NCc2nncn2CC)cc1. The number of nitrogens with one attached hydrogen (secondary N) is 1. The van der Waals surface area contributed by atoms with Crippen molar-refractivity contribution < 1.29 is 4.74 Å². The molecule has 5 nitrogen and oxygen atoms in total. The Bertz CT molecular complexity index is 521. The van der Waals surface area contributed by atoms with Gasteiger partial charge in [0.2, 0.25) is 0 Å². The summed E-state index contributed by atoms with van der Waals surface area (Å²) in [7, 11) is 0. The van der Waals surface area contributed by atoms with Crippen LogP contribution in [0.15, 0.2) is 30.6 Å². The number of rotatable bonds is 7. The number of benzene rings is 1. The number of nitrogens with zero attached hydrogens (tertiary/aromatic N) is 3. The molecule has 1 N–H and O–H groups in total. The highest BCUT2D eigenvalue weighted by Crippen LogP contribution is 2.17. The molecule has 0 radical (unpaired) electrons. The lowest BCUT2D eigenvalue weighted by Crippen LogP contribution is -2.20. The van der Waals surface area contributed by atoms with Crippen LogP contribution in [0.1, 0.15) is 38.2 Å². The first kappa shape index (κ1) is 14.5. The van der Waals surface area contributed by atoms with E-state index in [9.17, 15) is 0 Å². The van der Waals surface area contributed by atoms with Gasteiger partial charge in [0, 0.05) is 12.6 Å². The average molecular weight is 274 g/mol. The predicted octanol–water partition coefficient (Wildman–Crippen LogP) is 2.55. The molecule has 0 bridgehead atoms. The lowest BCUT2D eigenvalue weighted by Gasteiger charge is -2.14. The second-order valence-corrected chi connectivity index (χ2v) is 4.64. The van der Waals surface area contributed by atoms with Gasteiger partial charge in [0.05, 0.1) is 13.2 Å². The van der Waals surface area contributed by atoms with Gasteiger partial charge in [-0.2, -0.15) is 0 Å². The van der Waals surface area contributed by atoms with Gasteiger partial charge in [0.1, 0.15) is 17.9 Å². The smallest absolute Gasteiger partial charge is 0.146 e. The highest BCUT2D eigenvalue weighted by Gasteiger charge is 2.08. The maximum Gasteiger partial charge on any atom is 0.146 e. The molecule has 1 atom stereocenters. The number of hydrogen-bond donors (Lipinski definition) is 1. The van der Waals surface area contributed by atoms with Crippen LogP contribution in [0.2, 0.25) is 0 Å². The van der Waals surface area contributed by atoms with E-state index in [1.807, 2.05) is 23.6 Å². The largest absolute Gasteiger partial charge is 0.494 e. The van der Waals surface area contributed by atoms with Gasteiger partial charge in [0.15, 0.2) is 0 Å². The Morgan fingerprint density at radius 2 is 2.00 bits per heavy atom. The summed E-state index contributed by atoms with van der Waals surface area (Å²) < 4.78 is 7.49. The molecule has 0 saturated heterocycles. The van der Waals surface area contributed by atoms with Gasteiger partial charge in [-0.25, -0.2) is 0 Å². The number of hydrogen-bond acceptors (Lipinski definition) is 4. The van der Waals surface area contributed by atoms with Crippen LogP contribution in [-0.2, 0) is 13.1 Å². The lowest BCUT2D eigenvalue weighted by atomic mass is 10.1. The van der Waals surface area contributed by atoms with Gasteiger partial charge in [-0.1, -0.05) is 12.1 Å². The molecule has 0 amide bonds. The Kier molecular flexibility index (Phi) is 5.12. The Balaban J connectivity index is 1.92. The van der Waals surface area contributed by atoms with E-state index in [4.69, 9.17) is 4.74 Å². The molecular weight excluding hydrogens is 252 g/mol. The Labute approximate surface area is 120 Å². The zero-order valence-electron chi connectivity index (χ0n) is 12.3. The zero-order chi connectivity index (χ0) is 14.4. The summed E-state index contributed by atoms with van der Waals surface area (Å²) in [5, 5.41) is 11.5. The van der Waals surface area contributed by atoms with Crippen molar-refractivity contribution in [3.63, 3.8) is 0 Å². The van der Waals surface area contributed by atoms with E-state index in [1.165, 1.54) is 5.56 Å². The highest BCUT2D eigenvalue weighted by atomic mass is 16.5. The second-order valence-electron chi connectivity index (χ2n) is 4.64. The third kappa shape index (κ3) is 3.57. The van der Waals surface area contributed by atoms with Crippen molar-refractivity contribution in [3.8, 4) is 5.75 Å². The fraction of sp³-hybridized carbons (Fsp3) is 0.467. The van der Waals surface area contributed by atoms with Crippen LogP contribution in [0.25, 0.3) is 0 Å². The third-order valence-corrected chi connectivity index (χ3v) is 3.29. The lowest BCUT2D eigenvalue weighted by molar-refractivity contribution is 0.340. The molecule has 0 saturated carbocycles. The van der Waals surface area contributed by atoms with Gasteiger partial charge in [-0.3, -0.25) is 0 Å². The van der Waals surface area contributed by atoms with Crippen molar-refractivity contribution in [1.29, 1.82) is 0 Å². The first-order valence-corrected chi connectivity index (χ1v) is 7.07. The van der Waals surface area contributed by atoms with Crippen molar-refractivity contribution in [2.75, 3.05) is 6.61 Å². The predicted molar refractivity (Wildman–Crippen MR) is 78.6 cm³/mol. The van der Waals surface area contributed by atoms with Crippen LogP contribution < -0.4 is 10.1 Å². The first-order chi connectivity index (χ1) is 9.74.